The Morgan fingerprint density at radius 2 is 1.94 bits per heavy atom. The molecule has 0 saturated carbocycles. The lowest BCUT2D eigenvalue weighted by atomic mass is 10.1. The van der Waals surface area contributed by atoms with E-state index in [0.29, 0.717) is 0 Å². The predicted octanol–water partition coefficient (Wildman–Crippen LogP) is 2.06. The van der Waals surface area contributed by atoms with Gasteiger partial charge in [0, 0.05) is 18.8 Å². The van der Waals surface area contributed by atoms with E-state index in [9.17, 15) is 4.79 Å². The first-order valence-electron chi connectivity index (χ1n) is 5.64. The zero-order chi connectivity index (χ0) is 11.2. The lowest BCUT2D eigenvalue weighted by Crippen LogP contribution is -2.25. The molecule has 1 aliphatic heterocycles. The number of carbonyl (C=O) groups is 1. The van der Waals surface area contributed by atoms with Gasteiger partial charge in [0.05, 0.1) is 6.10 Å². The third kappa shape index (κ3) is 3.15. The topological polar surface area (TPSA) is 35.5 Å². The van der Waals surface area contributed by atoms with Gasteiger partial charge in [0.1, 0.15) is 6.61 Å². The number of benzene rings is 1. The van der Waals surface area contributed by atoms with Gasteiger partial charge in [-0.05, 0) is 12.8 Å². The highest BCUT2D eigenvalue weighted by atomic mass is 16.5. The minimum atomic E-state index is 0.0482. The maximum atomic E-state index is 11.7. The highest BCUT2D eigenvalue weighted by Crippen LogP contribution is 2.11. The molecule has 0 spiro atoms. The number of rotatable bonds is 4. The second-order valence-electron chi connectivity index (χ2n) is 3.91. The maximum Gasteiger partial charge on any atom is 0.188 e. The fourth-order valence-corrected chi connectivity index (χ4v) is 1.74. The van der Waals surface area contributed by atoms with E-state index in [1.165, 1.54) is 0 Å². The van der Waals surface area contributed by atoms with E-state index in [2.05, 4.69) is 0 Å². The highest BCUT2D eigenvalue weighted by Gasteiger charge is 2.15. The SMILES string of the molecule is O=C(COC1CCOCC1)c1ccccc1. The van der Waals surface area contributed by atoms with Gasteiger partial charge >= 0.3 is 0 Å². The molecule has 3 heteroatoms. The van der Waals surface area contributed by atoms with E-state index in [4.69, 9.17) is 9.47 Å². The molecular weight excluding hydrogens is 204 g/mol. The van der Waals surface area contributed by atoms with Crippen LogP contribution in [0.3, 0.4) is 0 Å². The minimum Gasteiger partial charge on any atom is -0.381 e. The first-order valence-corrected chi connectivity index (χ1v) is 5.64. The summed E-state index contributed by atoms with van der Waals surface area (Å²) in [5.74, 6) is 0.0482. The number of Topliss-reactive ketones (excluding diaryl/α,β-unsaturated/α-hetero) is 1. The van der Waals surface area contributed by atoms with Gasteiger partial charge < -0.3 is 9.47 Å². The number of ether oxygens (including phenoxy) is 2. The van der Waals surface area contributed by atoms with E-state index < -0.39 is 0 Å². The molecule has 3 nitrogen and oxygen atoms in total. The lowest BCUT2D eigenvalue weighted by molar-refractivity contribution is -0.0262. The van der Waals surface area contributed by atoms with E-state index in [-0.39, 0.29) is 18.5 Å². The standard InChI is InChI=1S/C13H16O3/c14-13(11-4-2-1-3-5-11)10-16-12-6-8-15-9-7-12/h1-5,12H,6-10H2. The summed E-state index contributed by atoms with van der Waals surface area (Å²) < 4.78 is 10.8. The van der Waals surface area contributed by atoms with E-state index in [0.717, 1.165) is 31.6 Å². The van der Waals surface area contributed by atoms with Crippen LogP contribution >= 0.6 is 0 Å². The van der Waals surface area contributed by atoms with Crippen molar-refractivity contribution in [3.8, 4) is 0 Å². The Hall–Kier alpha value is -1.19. The van der Waals surface area contributed by atoms with Crippen molar-refractivity contribution in [2.24, 2.45) is 0 Å². The van der Waals surface area contributed by atoms with Crippen LogP contribution in [0.15, 0.2) is 30.3 Å². The Bertz CT molecular complexity index is 328. The minimum absolute atomic E-state index is 0.0482. The summed E-state index contributed by atoms with van der Waals surface area (Å²) in [7, 11) is 0. The molecule has 0 radical (unpaired) electrons. The number of hydrogen-bond acceptors (Lipinski definition) is 3. The van der Waals surface area contributed by atoms with Gasteiger partial charge in [-0.3, -0.25) is 4.79 Å². The van der Waals surface area contributed by atoms with Crippen molar-refractivity contribution in [2.75, 3.05) is 19.8 Å². The second-order valence-corrected chi connectivity index (χ2v) is 3.91. The molecule has 0 atom stereocenters. The summed E-state index contributed by atoms with van der Waals surface area (Å²) in [6.07, 6.45) is 1.96. The normalized spacial score (nSPS) is 17.2. The van der Waals surface area contributed by atoms with Gasteiger partial charge in [0.15, 0.2) is 5.78 Å². The summed E-state index contributed by atoms with van der Waals surface area (Å²) >= 11 is 0. The number of carbonyl (C=O) groups excluding carboxylic acids is 1. The molecule has 0 amide bonds. The van der Waals surface area contributed by atoms with Crippen molar-refractivity contribution >= 4 is 5.78 Å². The summed E-state index contributed by atoms with van der Waals surface area (Å²) in [5.41, 5.74) is 0.717. The Morgan fingerprint density at radius 1 is 1.25 bits per heavy atom. The van der Waals surface area contributed by atoms with Crippen LogP contribution in [-0.4, -0.2) is 31.7 Å². The summed E-state index contributed by atoms with van der Waals surface area (Å²) in [4.78, 5) is 11.7. The Labute approximate surface area is 95.4 Å². The molecule has 0 aliphatic carbocycles. The molecule has 86 valence electrons. The van der Waals surface area contributed by atoms with Crippen molar-refractivity contribution in [3.05, 3.63) is 35.9 Å². The van der Waals surface area contributed by atoms with E-state index >= 15 is 0 Å². The average Bonchev–Trinajstić information content (AvgIpc) is 2.38. The first-order chi connectivity index (χ1) is 7.86. The molecule has 1 saturated heterocycles. The van der Waals surface area contributed by atoms with Crippen LogP contribution in [-0.2, 0) is 9.47 Å². The van der Waals surface area contributed by atoms with Crippen molar-refractivity contribution in [1.82, 2.24) is 0 Å². The fraction of sp³-hybridized carbons (Fsp3) is 0.462. The van der Waals surface area contributed by atoms with E-state index in [1.54, 1.807) is 0 Å². The second kappa shape index (κ2) is 5.77. The van der Waals surface area contributed by atoms with Crippen LogP contribution in [0, 0.1) is 0 Å². The van der Waals surface area contributed by atoms with Crippen LogP contribution < -0.4 is 0 Å². The Kier molecular flexibility index (Phi) is 4.08. The zero-order valence-corrected chi connectivity index (χ0v) is 9.22. The first kappa shape index (κ1) is 11.3. The summed E-state index contributed by atoms with van der Waals surface area (Å²) in [6, 6.07) is 9.25. The predicted molar refractivity (Wildman–Crippen MR) is 60.6 cm³/mol. The molecular formula is C13H16O3. The highest BCUT2D eigenvalue weighted by molar-refractivity contribution is 5.96. The van der Waals surface area contributed by atoms with Gasteiger partial charge in [0.25, 0.3) is 0 Å². The van der Waals surface area contributed by atoms with Gasteiger partial charge in [-0.1, -0.05) is 30.3 Å². The Balaban J connectivity index is 1.79. The van der Waals surface area contributed by atoms with Crippen LogP contribution in [0.1, 0.15) is 23.2 Å². The summed E-state index contributed by atoms with van der Waals surface area (Å²) in [6.45, 7) is 1.66. The van der Waals surface area contributed by atoms with Gasteiger partial charge in [0.2, 0.25) is 0 Å². The zero-order valence-electron chi connectivity index (χ0n) is 9.22. The summed E-state index contributed by atoms with van der Waals surface area (Å²) in [5, 5.41) is 0. The van der Waals surface area contributed by atoms with Crippen LogP contribution in [0.2, 0.25) is 0 Å². The number of hydrogen-bond donors (Lipinski definition) is 0. The lowest BCUT2D eigenvalue weighted by Gasteiger charge is -2.21. The van der Waals surface area contributed by atoms with Crippen molar-refractivity contribution in [3.63, 3.8) is 0 Å². The van der Waals surface area contributed by atoms with Crippen molar-refractivity contribution < 1.29 is 14.3 Å². The largest absolute Gasteiger partial charge is 0.381 e. The molecule has 1 fully saturated rings. The van der Waals surface area contributed by atoms with Crippen LogP contribution in [0.5, 0.6) is 0 Å². The molecule has 0 unspecified atom stereocenters. The van der Waals surface area contributed by atoms with Gasteiger partial charge in [-0.2, -0.15) is 0 Å². The van der Waals surface area contributed by atoms with Gasteiger partial charge in [-0.15, -0.1) is 0 Å². The molecule has 1 aromatic rings. The van der Waals surface area contributed by atoms with E-state index in [1.807, 2.05) is 30.3 Å². The third-order valence-corrected chi connectivity index (χ3v) is 2.71. The van der Waals surface area contributed by atoms with Crippen molar-refractivity contribution in [2.45, 2.75) is 18.9 Å². The smallest absolute Gasteiger partial charge is 0.188 e. The molecule has 1 aliphatic rings. The molecule has 2 rings (SSSR count). The molecule has 0 bridgehead atoms. The van der Waals surface area contributed by atoms with Gasteiger partial charge in [-0.25, -0.2) is 0 Å². The fourth-order valence-electron chi connectivity index (χ4n) is 1.74. The molecule has 0 aromatic heterocycles. The van der Waals surface area contributed by atoms with Crippen LogP contribution in [0.4, 0.5) is 0 Å². The molecule has 0 N–H and O–H groups in total. The monoisotopic (exact) mass is 220 g/mol. The molecule has 1 heterocycles. The van der Waals surface area contributed by atoms with Crippen molar-refractivity contribution in [1.29, 1.82) is 0 Å². The molecule has 16 heavy (non-hydrogen) atoms. The molecule has 1 aromatic carbocycles. The third-order valence-electron chi connectivity index (χ3n) is 2.71. The Morgan fingerprint density at radius 3 is 2.62 bits per heavy atom. The quantitative estimate of drug-likeness (QED) is 0.729. The number of ketones is 1. The maximum absolute atomic E-state index is 11.7. The average molecular weight is 220 g/mol. The van der Waals surface area contributed by atoms with Crippen LogP contribution in [0.25, 0.3) is 0 Å².